The first kappa shape index (κ1) is 13.6. The van der Waals surface area contributed by atoms with Crippen molar-refractivity contribution in [2.75, 3.05) is 21.3 Å². The second-order valence-corrected chi connectivity index (χ2v) is 4.24. The van der Waals surface area contributed by atoms with Crippen LogP contribution in [0.4, 0.5) is 0 Å². The maximum absolute atomic E-state index is 5.89. The van der Waals surface area contributed by atoms with E-state index in [9.17, 15) is 0 Å². The molecule has 0 heterocycles. The SMILES string of the molecule is COc1c[c]c(-c2ccc(Cl)cc2)c(OC)c1OC. The third-order valence-corrected chi connectivity index (χ3v) is 3.02. The Morgan fingerprint density at radius 1 is 0.895 bits per heavy atom. The van der Waals surface area contributed by atoms with E-state index < -0.39 is 0 Å². The minimum absolute atomic E-state index is 0.550. The maximum atomic E-state index is 5.89. The Hall–Kier alpha value is -1.87. The van der Waals surface area contributed by atoms with Gasteiger partial charge in [-0.1, -0.05) is 23.7 Å². The van der Waals surface area contributed by atoms with E-state index in [0.717, 1.165) is 11.1 Å². The molecule has 0 atom stereocenters. The molecule has 2 rings (SSSR count). The molecular weight excluding hydrogens is 264 g/mol. The van der Waals surface area contributed by atoms with E-state index in [0.29, 0.717) is 22.3 Å². The molecule has 0 amide bonds. The fourth-order valence-corrected chi connectivity index (χ4v) is 1.99. The van der Waals surface area contributed by atoms with Crippen molar-refractivity contribution in [1.29, 1.82) is 0 Å². The number of benzene rings is 2. The molecule has 0 unspecified atom stereocenters. The van der Waals surface area contributed by atoms with Crippen molar-refractivity contribution in [3.8, 4) is 28.4 Å². The highest BCUT2D eigenvalue weighted by Gasteiger charge is 2.17. The Morgan fingerprint density at radius 3 is 2.05 bits per heavy atom. The lowest BCUT2D eigenvalue weighted by Gasteiger charge is -2.15. The van der Waals surface area contributed by atoms with Gasteiger partial charge in [0.15, 0.2) is 11.5 Å². The van der Waals surface area contributed by atoms with Crippen molar-refractivity contribution >= 4 is 11.6 Å². The first-order chi connectivity index (χ1) is 9.21. The van der Waals surface area contributed by atoms with Crippen LogP contribution in [-0.2, 0) is 0 Å². The lowest BCUT2D eigenvalue weighted by atomic mass is 10.0. The van der Waals surface area contributed by atoms with Gasteiger partial charge in [-0.05, 0) is 29.8 Å². The van der Waals surface area contributed by atoms with Crippen molar-refractivity contribution in [2.24, 2.45) is 0 Å². The first-order valence-electron chi connectivity index (χ1n) is 5.67. The molecule has 99 valence electrons. The monoisotopic (exact) mass is 277 g/mol. The summed E-state index contributed by atoms with van der Waals surface area (Å²) in [5, 5.41) is 0.684. The van der Waals surface area contributed by atoms with Crippen LogP contribution in [0, 0.1) is 6.07 Å². The van der Waals surface area contributed by atoms with E-state index in [1.165, 1.54) is 0 Å². The zero-order valence-electron chi connectivity index (χ0n) is 11.0. The highest BCUT2D eigenvalue weighted by molar-refractivity contribution is 6.30. The molecule has 0 aliphatic carbocycles. The van der Waals surface area contributed by atoms with Gasteiger partial charge in [-0.2, -0.15) is 0 Å². The van der Waals surface area contributed by atoms with E-state index in [4.69, 9.17) is 25.8 Å². The van der Waals surface area contributed by atoms with Gasteiger partial charge >= 0.3 is 0 Å². The summed E-state index contributed by atoms with van der Waals surface area (Å²) in [6, 6.07) is 12.3. The predicted octanol–water partition coefficient (Wildman–Crippen LogP) is 3.83. The highest BCUT2D eigenvalue weighted by atomic mass is 35.5. The smallest absolute Gasteiger partial charge is 0.203 e. The van der Waals surface area contributed by atoms with E-state index in [1.807, 2.05) is 24.3 Å². The lowest BCUT2D eigenvalue weighted by Crippen LogP contribution is -1.97. The summed E-state index contributed by atoms with van der Waals surface area (Å²) >= 11 is 5.89. The van der Waals surface area contributed by atoms with Crippen molar-refractivity contribution in [3.63, 3.8) is 0 Å². The average molecular weight is 278 g/mol. The van der Waals surface area contributed by atoms with Gasteiger partial charge < -0.3 is 14.2 Å². The maximum Gasteiger partial charge on any atom is 0.203 e. The molecule has 0 aromatic heterocycles. The molecule has 0 aliphatic rings. The van der Waals surface area contributed by atoms with Crippen molar-refractivity contribution < 1.29 is 14.2 Å². The fraction of sp³-hybridized carbons (Fsp3) is 0.200. The Kier molecular flexibility index (Phi) is 4.17. The van der Waals surface area contributed by atoms with Crippen molar-refractivity contribution in [3.05, 3.63) is 41.4 Å². The first-order valence-corrected chi connectivity index (χ1v) is 6.05. The third-order valence-electron chi connectivity index (χ3n) is 2.77. The molecule has 0 N–H and O–H groups in total. The summed E-state index contributed by atoms with van der Waals surface area (Å²) in [5.74, 6) is 1.72. The normalized spacial score (nSPS) is 10.1. The molecule has 0 bridgehead atoms. The van der Waals surface area contributed by atoms with Gasteiger partial charge in [0.05, 0.1) is 21.3 Å². The number of halogens is 1. The van der Waals surface area contributed by atoms with Crippen LogP contribution in [0.15, 0.2) is 30.3 Å². The second kappa shape index (κ2) is 5.85. The largest absolute Gasteiger partial charge is 0.493 e. The summed E-state index contributed by atoms with van der Waals surface area (Å²) in [4.78, 5) is 0. The van der Waals surface area contributed by atoms with Gasteiger partial charge in [0.1, 0.15) is 0 Å². The Balaban J connectivity index is 2.60. The summed E-state index contributed by atoms with van der Waals surface area (Å²) in [7, 11) is 4.74. The number of methoxy groups -OCH3 is 3. The minimum Gasteiger partial charge on any atom is -0.493 e. The molecule has 19 heavy (non-hydrogen) atoms. The number of hydrogen-bond acceptors (Lipinski definition) is 3. The van der Waals surface area contributed by atoms with Gasteiger partial charge in [-0.25, -0.2) is 0 Å². The van der Waals surface area contributed by atoms with Gasteiger partial charge in [-0.15, -0.1) is 0 Å². The zero-order chi connectivity index (χ0) is 13.8. The van der Waals surface area contributed by atoms with Crippen LogP contribution in [0.3, 0.4) is 0 Å². The molecule has 0 spiro atoms. The van der Waals surface area contributed by atoms with E-state index in [-0.39, 0.29) is 0 Å². The second-order valence-electron chi connectivity index (χ2n) is 3.81. The van der Waals surface area contributed by atoms with Gasteiger partial charge in [-0.3, -0.25) is 0 Å². The highest BCUT2D eigenvalue weighted by Crippen LogP contribution is 2.43. The number of ether oxygens (including phenoxy) is 3. The van der Waals surface area contributed by atoms with Crippen LogP contribution in [0.2, 0.25) is 5.02 Å². The van der Waals surface area contributed by atoms with Crippen LogP contribution in [0.25, 0.3) is 11.1 Å². The standard InChI is InChI=1S/C15H14ClO3/c1-17-13-9-8-12(14(18-2)15(13)19-3)10-4-6-11(16)7-5-10/h4-7,9H,1-3H3. The summed E-state index contributed by atoms with van der Waals surface area (Å²) in [6.07, 6.45) is 0. The van der Waals surface area contributed by atoms with Gasteiger partial charge in [0.25, 0.3) is 0 Å². The average Bonchev–Trinajstić information content (AvgIpc) is 2.46. The summed E-state index contributed by atoms with van der Waals surface area (Å²) in [5.41, 5.74) is 1.75. The van der Waals surface area contributed by atoms with Crippen molar-refractivity contribution in [1.82, 2.24) is 0 Å². The summed E-state index contributed by atoms with van der Waals surface area (Å²) in [6.45, 7) is 0. The molecule has 0 saturated carbocycles. The van der Waals surface area contributed by atoms with Crippen molar-refractivity contribution in [2.45, 2.75) is 0 Å². The molecule has 0 fully saturated rings. The number of hydrogen-bond donors (Lipinski definition) is 0. The molecule has 0 saturated heterocycles. The van der Waals surface area contributed by atoms with E-state index in [1.54, 1.807) is 27.4 Å². The molecule has 2 aromatic rings. The molecule has 2 aromatic carbocycles. The van der Waals surface area contributed by atoms with Crippen LogP contribution in [-0.4, -0.2) is 21.3 Å². The molecule has 1 radical (unpaired) electrons. The van der Waals surface area contributed by atoms with E-state index >= 15 is 0 Å². The quantitative estimate of drug-likeness (QED) is 0.850. The van der Waals surface area contributed by atoms with Crippen LogP contribution in [0.1, 0.15) is 0 Å². The Morgan fingerprint density at radius 2 is 1.53 bits per heavy atom. The van der Waals surface area contributed by atoms with Crippen LogP contribution >= 0.6 is 11.6 Å². The van der Waals surface area contributed by atoms with E-state index in [2.05, 4.69) is 6.07 Å². The molecule has 3 nitrogen and oxygen atoms in total. The predicted molar refractivity (Wildman–Crippen MR) is 75.4 cm³/mol. The summed E-state index contributed by atoms with van der Waals surface area (Å²) < 4.78 is 16.0. The fourth-order valence-electron chi connectivity index (χ4n) is 1.86. The Bertz CT molecular complexity index is 564. The molecule has 4 heteroatoms. The lowest BCUT2D eigenvalue weighted by molar-refractivity contribution is 0.325. The van der Waals surface area contributed by atoms with Gasteiger partial charge in [0, 0.05) is 10.6 Å². The van der Waals surface area contributed by atoms with Crippen LogP contribution < -0.4 is 14.2 Å². The zero-order valence-corrected chi connectivity index (χ0v) is 11.7. The third kappa shape index (κ3) is 2.61. The van der Waals surface area contributed by atoms with Gasteiger partial charge in [0.2, 0.25) is 5.75 Å². The molecular formula is C15H14ClO3. The molecule has 0 aliphatic heterocycles. The van der Waals surface area contributed by atoms with Crippen LogP contribution in [0.5, 0.6) is 17.2 Å². The Labute approximate surface area is 117 Å². The topological polar surface area (TPSA) is 27.7 Å². The number of rotatable bonds is 4. The minimum atomic E-state index is 0.550.